The molecule has 1 fully saturated rings. The van der Waals surface area contributed by atoms with E-state index < -0.39 is 6.04 Å². The lowest BCUT2D eigenvalue weighted by molar-refractivity contribution is -0.128. The predicted octanol–water partition coefficient (Wildman–Crippen LogP) is 2.75. The molecule has 1 unspecified atom stereocenters. The molecule has 1 aliphatic rings. The number of amides is 3. The molecule has 142 valence electrons. The zero-order valence-electron chi connectivity index (χ0n) is 15.8. The SMILES string of the molecule is COc1ccc(CCN2C(=O)C(Cc3ccccc3)N(C)C2=O)cc1OC. The lowest BCUT2D eigenvalue weighted by Crippen LogP contribution is -2.34. The van der Waals surface area contributed by atoms with Crippen LogP contribution in [0, 0.1) is 0 Å². The summed E-state index contributed by atoms with van der Waals surface area (Å²) in [4.78, 5) is 28.2. The molecule has 1 atom stereocenters. The molecule has 0 bridgehead atoms. The van der Waals surface area contributed by atoms with E-state index in [1.165, 1.54) is 9.80 Å². The maximum atomic E-state index is 12.8. The van der Waals surface area contributed by atoms with Gasteiger partial charge in [-0.2, -0.15) is 0 Å². The molecule has 6 heteroatoms. The summed E-state index contributed by atoms with van der Waals surface area (Å²) in [6.07, 6.45) is 1.08. The molecule has 2 aromatic carbocycles. The van der Waals surface area contributed by atoms with E-state index in [4.69, 9.17) is 9.47 Å². The molecule has 0 saturated carbocycles. The standard InChI is InChI=1S/C21H24N2O4/c1-22-17(13-15-7-5-4-6-8-15)20(24)23(21(22)25)12-11-16-9-10-18(26-2)19(14-16)27-3/h4-10,14,17H,11-13H2,1-3H3. The fourth-order valence-electron chi connectivity index (χ4n) is 3.31. The maximum Gasteiger partial charge on any atom is 0.327 e. The van der Waals surface area contributed by atoms with Crippen molar-refractivity contribution in [2.75, 3.05) is 27.8 Å². The van der Waals surface area contributed by atoms with Gasteiger partial charge in [0.15, 0.2) is 11.5 Å². The van der Waals surface area contributed by atoms with Crippen LogP contribution in [0.4, 0.5) is 4.79 Å². The summed E-state index contributed by atoms with van der Waals surface area (Å²) in [6.45, 7) is 0.336. The quantitative estimate of drug-likeness (QED) is 0.705. The predicted molar refractivity (Wildman–Crippen MR) is 102 cm³/mol. The van der Waals surface area contributed by atoms with Gasteiger partial charge >= 0.3 is 6.03 Å². The van der Waals surface area contributed by atoms with Crippen molar-refractivity contribution in [2.45, 2.75) is 18.9 Å². The van der Waals surface area contributed by atoms with Crippen molar-refractivity contribution in [3.05, 3.63) is 59.7 Å². The minimum absolute atomic E-state index is 0.146. The zero-order valence-corrected chi connectivity index (χ0v) is 15.8. The summed E-state index contributed by atoms with van der Waals surface area (Å²) in [5, 5.41) is 0. The summed E-state index contributed by atoms with van der Waals surface area (Å²) >= 11 is 0. The van der Waals surface area contributed by atoms with Crippen molar-refractivity contribution in [1.82, 2.24) is 9.80 Å². The normalized spacial score (nSPS) is 16.8. The van der Waals surface area contributed by atoms with Crippen LogP contribution in [-0.4, -0.2) is 55.6 Å². The van der Waals surface area contributed by atoms with E-state index in [9.17, 15) is 9.59 Å². The number of urea groups is 1. The first kappa shape index (κ1) is 18.8. The number of hydrogen-bond acceptors (Lipinski definition) is 4. The molecular weight excluding hydrogens is 344 g/mol. The average molecular weight is 368 g/mol. The van der Waals surface area contributed by atoms with Gasteiger partial charge in [-0.3, -0.25) is 9.69 Å². The van der Waals surface area contributed by atoms with E-state index in [-0.39, 0.29) is 11.9 Å². The zero-order chi connectivity index (χ0) is 19.4. The summed E-state index contributed by atoms with van der Waals surface area (Å²) in [6, 6.07) is 14.7. The van der Waals surface area contributed by atoms with E-state index >= 15 is 0 Å². The van der Waals surface area contributed by atoms with Gasteiger partial charge in [0.1, 0.15) is 6.04 Å². The monoisotopic (exact) mass is 368 g/mol. The molecule has 0 radical (unpaired) electrons. The third-order valence-corrected chi connectivity index (χ3v) is 4.90. The molecule has 1 saturated heterocycles. The molecular formula is C21H24N2O4. The van der Waals surface area contributed by atoms with Gasteiger partial charge in [-0.15, -0.1) is 0 Å². The van der Waals surface area contributed by atoms with Crippen molar-refractivity contribution >= 4 is 11.9 Å². The Morgan fingerprint density at radius 1 is 0.926 bits per heavy atom. The fourth-order valence-corrected chi connectivity index (χ4v) is 3.31. The third-order valence-electron chi connectivity index (χ3n) is 4.90. The molecule has 0 aliphatic carbocycles. The van der Waals surface area contributed by atoms with Gasteiger partial charge in [-0.05, 0) is 29.7 Å². The number of hydrogen-bond donors (Lipinski definition) is 0. The highest BCUT2D eigenvalue weighted by molar-refractivity contribution is 6.04. The van der Waals surface area contributed by atoms with E-state index in [1.54, 1.807) is 21.3 Å². The van der Waals surface area contributed by atoms with Crippen LogP contribution in [0.1, 0.15) is 11.1 Å². The number of methoxy groups -OCH3 is 2. The first-order valence-electron chi connectivity index (χ1n) is 8.88. The average Bonchev–Trinajstić information content (AvgIpc) is 2.90. The molecule has 3 rings (SSSR count). The van der Waals surface area contributed by atoms with Crippen LogP contribution in [-0.2, 0) is 17.6 Å². The van der Waals surface area contributed by atoms with Gasteiger partial charge in [-0.1, -0.05) is 36.4 Å². The van der Waals surface area contributed by atoms with Gasteiger partial charge in [0.05, 0.1) is 14.2 Å². The first-order valence-corrected chi connectivity index (χ1v) is 8.88. The number of imide groups is 1. The second-order valence-electron chi connectivity index (χ2n) is 6.53. The highest BCUT2D eigenvalue weighted by Gasteiger charge is 2.42. The minimum atomic E-state index is -0.453. The van der Waals surface area contributed by atoms with E-state index in [0.717, 1.165) is 11.1 Å². The molecule has 3 amide bonds. The van der Waals surface area contributed by atoms with Crippen molar-refractivity contribution in [3.8, 4) is 11.5 Å². The van der Waals surface area contributed by atoms with Crippen molar-refractivity contribution in [2.24, 2.45) is 0 Å². The second kappa shape index (κ2) is 8.12. The van der Waals surface area contributed by atoms with Crippen LogP contribution in [0.5, 0.6) is 11.5 Å². The molecule has 0 N–H and O–H groups in total. The molecule has 1 aliphatic heterocycles. The Kier molecular flexibility index (Phi) is 5.64. The summed E-state index contributed by atoms with van der Waals surface area (Å²) < 4.78 is 10.5. The van der Waals surface area contributed by atoms with E-state index in [0.29, 0.717) is 30.9 Å². The number of nitrogens with zero attached hydrogens (tertiary/aromatic N) is 2. The number of benzene rings is 2. The Morgan fingerprint density at radius 3 is 2.30 bits per heavy atom. The van der Waals surface area contributed by atoms with Crippen molar-refractivity contribution in [1.29, 1.82) is 0 Å². The Balaban J connectivity index is 1.68. The molecule has 0 aromatic heterocycles. The van der Waals surface area contributed by atoms with Crippen LogP contribution in [0.3, 0.4) is 0 Å². The molecule has 27 heavy (non-hydrogen) atoms. The molecule has 2 aromatic rings. The van der Waals surface area contributed by atoms with E-state index in [1.807, 2.05) is 48.5 Å². The topological polar surface area (TPSA) is 59.1 Å². The smallest absolute Gasteiger partial charge is 0.327 e. The molecule has 1 heterocycles. The number of rotatable bonds is 7. The summed E-state index contributed by atoms with van der Waals surface area (Å²) in [5.74, 6) is 1.14. The van der Waals surface area contributed by atoms with Crippen molar-refractivity contribution in [3.63, 3.8) is 0 Å². The van der Waals surface area contributed by atoms with Gasteiger partial charge < -0.3 is 14.4 Å². The minimum Gasteiger partial charge on any atom is -0.493 e. The fraction of sp³-hybridized carbons (Fsp3) is 0.333. The second-order valence-corrected chi connectivity index (χ2v) is 6.53. The Morgan fingerprint density at radius 2 is 1.63 bits per heavy atom. The Labute approximate surface area is 159 Å². The van der Waals surface area contributed by atoms with Gasteiger partial charge in [0.2, 0.25) is 0 Å². The summed E-state index contributed by atoms with van der Waals surface area (Å²) in [5.41, 5.74) is 2.01. The number of ether oxygens (including phenoxy) is 2. The Bertz CT molecular complexity index is 822. The van der Waals surface area contributed by atoms with Crippen LogP contribution >= 0.6 is 0 Å². The van der Waals surface area contributed by atoms with Crippen LogP contribution in [0.15, 0.2) is 48.5 Å². The lowest BCUT2D eigenvalue weighted by atomic mass is 10.1. The van der Waals surface area contributed by atoms with Gasteiger partial charge in [-0.25, -0.2) is 4.79 Å². The van der Waals surface area contributed by atoms with Crippen LogP contribution in [0.2, 0.25) is 0 Å². The van der Waals surface area contributed by atoms with Crippen molar-refractivity contribution < 1.29 is 19.1 Å². The number of carbonyl (C=O) groups excluding carboxylic acids is 2. The van der Waals surface area contributed by atoms with Crippen LogP contribution < -0.4 is 9.47 Å². The molecule has 6 nitrogen and oxygen atoms in total. The number of likely N-dealkylation sites (N-methyl/N-ethyl adjacent to an activating group) is 1. The molecule has 0 spiro atoms. The van der Waals surface area contributed by atoms with Crippen LogP contribution in [0.25, 0.3) is 0 Å². The van der Waals surface area contributed by atoms with Gasteiger partial charge in [0.25, 0.3) is 5.91 Å². The maximum absolute atomic E-state index is 12.8. The highest BCUT2D eigenvalue weighted by Crippen LogP contribution is 2.28. The third kappa shape index (κ3) is 3.89. The number of carbonyl (C=O) groups is 2. The largest absolute Gasteiger partial charge is 0.493 e. The highest BCUT2D eigenvalue weighted by atomic mass is 16.5. The Hall–Kier alpha value is -3.02. The van der Waals surface area contributed by atoms with E-state index in [2.05, 4.69) is 0 Å². The lowest BCUT2D eigenvalue weighted by Gasteiger charge is -2.15. The summed E-state index contributed by atoms with van der Waals surface area (Å²) in [7, 11) is 4.85. The van der Waals surface area contributed by atoms with Gasteiger partial charge in [0, 0.05) is 20.0 Å². The first-order chi connectivity index (χ1) is 13.0.